The lowest BCUT2D eigenvalue weighted by Crippen LogP contribution is -2.51. The topological polar surface area (TPSA) is 97.1 Å². The number of carbonyl (C=O) groups is 2. The van der Waals surface area contributed by atoms with Crippen LogP contribution in [0.4, 0.5) is 14.0 Å². The lowest BCUT2D eigenvalue weighted by Gasteiger charge is -2.41. The Labute approximate surface area is 248 Å². The van der Waals surface area contributed by atoms with Crippen molar-refractivity contribution in [1.29, 1.82) is 0 Å². The van der Waals surface area contributed by atoms with Crippen molar-refractivity contribution in [1.82, 2.24) is 19.4 Å². The molecule has 9 nitrogen and oxygen atoms in total. The SMILES string of the molecule is Cn1c(C2=CC(C)(C)N(C(=O)OC(C)(C)C)CC2)nc(-c2ccccc2F)c1C1(O)CCN(C(=O)OC(C)(C)C)CC1. The van der Waals surface area contributed by atoms with Gasteiger partial charge in [0.15, 0.2) is 0 Å². The van der Waals surface area contributed by atoms with Crippen molar-refractivity contribution in [3.8, 4) is 11.3 Å². The van der Waals surface area contributed by atoms with Gasteiger partial charge in [0, 0.05) is 32.2 Å². The fraction of sp³-hybridized carbons (Fsp3) is 0.594. The van der Waals surface area contributed by atoms with Crippen LogP contribution in [-0.2, 0) is 22.1 Å². The quantitative estimate of drug-likeness (QED) is 0.458. The van der Waals surface area contributed by atoms with Gasteiger partial charge in [0.05, 0.1) is 16.9 Å². The van der Waals surface area contributed by atoms with Crippen LogP contribution in [0.1, 0.15) is 86.2 Å². The molecule has 230 valence electrons. The number of nitrogens with zero attached hydrogens (tertiary/aromatic N) is 4. The van der Waals surface area contributed by atoms with Gasteiger partial charge in [0.1, 0.15) is 28.4 Å². The third-order valence-corrected chi connectivity index (χ3v) is 7.64. The monoisotopic (exact) mass is 584 g/mol. The smallest absolute Gasteiger partial charge is 0.410 e. The normalized spacial score (nSPS) is 18.9. The molecule has 42 heavy (non-hydrogen) atoms. The zero-order valence-electron chi connectivity index (χ0n) is 26.4. The molecular formula is C32H45FN4O5. The molecule has 2 aliphatic heterocycles. The number of piperidine rings is 1. The van der Waals surface area contributed by atoms with E-state index in [0.29, 0.717) is 35.7 Å². The van der Waals surface area contributed by atoms with E-state index in [9.17, 15) is 14.7 Å². The van der Waals surface area contributed by atoms with E-state index in [0.717, 1.165) is 5.57 Å². The number of carbonyl (C=O) groups excluding carboxylic acids is 2. The number of ether oxygens (including phenoxy) is 2. The third-order valence-electron chi connectivity index (χ3n) is 7.64. The summed E-state index contributed by atoms with van der Waals surface area (Å²) in [5.74, 6) is 0.162. The minimum absolute atomic E-state index is 0.240. The largest absolute Gasteiger partial charge is 0.444 e. The van der Waals surface area contributed by atoms with E-state index < -0.39 is 34.3 Å². The minimum Gasteiger partial charge on any atom is -0.444 e. The fourth-order valence-corrected chi connectivity index (χ4v) is 5.70. The average Bonchev–Trinajstić information content (AvgIpc) is 3.19. The second kappa shape index (κ2) is 11.0. The molecule has 0 unspecified atom stereocenters. The molecule has 1 fully saturated rings. The molecule has 1 aromatic carbocycles. The van der Waals surface area contributed by atoms with Gasteiger partial charge in [-0.05, 0) is 92.4 Å². The van der Waals surface area contributed by atoms with E-state index in [1.807, 2.05) is 73.1 Å². The summed E-state index contributed by atoms with van der Waals surface area (Å²) in [6, 6.07) is 6.40. The predicted octanol–water partition coefficient (Wildman–Crippen LogP) is 6.25. The second-order valence-corrected chi connectivity index (χ2v) is 13.9. The van der Waals surface area contributed by atoms with Crippen LogP contribution >= 0.6 is 0 Å². The molecule has 1 saturated heterocycles. The lowest BCUT2D eigenvalue weighted by molar-refractivity contribution is -0.0393. The third kappa shape index (κ3) is 6.64. The molecule has 10 heteroatoms. The molecule has 1 aromatic heterocycles. The summed E-state index contributed by atoms with van der Waals surface area (Å²) < 4.78 is 28.2. The first-order chi connectivity index (χ1) is 19.3. The Bertz CT molecular complexity index is 1370. The van der Waals surface area contributed by atoms with E-state index in [1.165, 1.54) is 6.07 Å². The fourth-order valence-electron chi connectivity index (χ4n) is 5.70. The number of rotatable bonds is 3. The average molecular weight is 585 g/mol. The maximum absolute atomic E-state index is 15.2. The zero-order valence-corrected chi connectivity index (χ0v) is 26.4. The van der Waals surface area contributed by atoms with E-state index >= 15 is 4.39 Å². The molecule has 0 spiro atoms. The van der Waals surface area contributed by atoms with Gasteiger partial charge in [-0.2, -0.15) is 0 Å². The zero-order chi connectivity index (χ0) is 31.3. The highest BCUT2D eigenvalue weighted by molar-refractivity contribution is 5.75. The summed E-state index contributed by atoms with van der Waals surface area (Å²) in [6.07, 6.45) is 2.17. The van der Waals surface area contributed by atoms with E-state index in [4.69, 9.17) is 14.5 Å². The van der Waals surface area contributed by atoms with Gasteiger partial charge in [-0.25, -0.2) is 19.0 Å². The van der Waals surface area contributed by atoms with Gasteiger partial charge >= 0.3 is 12.2 Å². The number of aromatic nitrogens is 2. The van der Waals surface area contributed by atoms with Crippen LogP contribution < -0.4 is 0 Å². The van der Waals surface area contributed by atoms with Crippen molar-refractivity contribution < 1.29 is 28.6 Å². The molecule has 1 N–H and O–H groups in total. The van der Waals surface area contributed by atoms with Crippen molar-refractivity contribution in [2.75, 3.05) is 19.6 Å². The summed E-state index contributed by atoms with van der Waals surface area (Å²) in [5, 5.41) is 12.1. The number of benzene rings is 1. The van der Waals surface area contributed by atoms with E-state index in [1.54, 1.807) is 28.0 Å². The van der Waals surface area contributed by atoms with Crippen LogP contribution in [0.5, 0.6) is 0 Å². The predicted molar refractivity (Wildman–Crippen MR) is 159 cm³/mol. The van der Waals surface area contributed by atoms with Crippen LogP contribution in [0, 0.1) is 5.82 Å². The molecule has 0 aliphatic carbocycles. The molecule has 0 atom stereocenters. The molecule has 0 saturated carbocycles. The Kier molecular flexibility index (Phi) is 8.28. The summed E-state index contributed by atoms with van der Waals surface area (Å²) in [5.41, 5.74) is -1.22. The molecule has 4 rings (SSSR count). The molecule has 2 amide bonds. The molecule has 2 aliphatic rings. The number of hydrogen-bond donors (Lipinski definition) is 1. The van der Waals surface area contributed by atoms with Crippen LogP contribution in [0.2, 0.25) is 0 Å². The summed E-state index contributed by atoms with van der Waals surface area (Å²) in [4.78, 5) is 33.9. The first kappa shape index (κ1) is 31.5. The highest BCUT2D eigenvalue weighted by Gasteiger charge is 2.43. The first-order valence-corrected chi connectivity index (χ1v) is 14.6. The van der Waals surface area contributed by atoms with Gasteiger partial charge in [0.2, 0.25) is 0 Å². The van der Waals surface area contributed by atoms with Crippen molar-refractivity contribution in [2.45, 2.75) is 97.0 Å². The van der Waals surface area contributed by atoms with Crippen LogP contribution in [0.15, 0.2) is 30.3 Å². The lowest BCUT2D eigenvalue weighted by atomic mass is 9.85. The van der Waals surface area contributed by atoms with Crippen molar-refractivity contribution >= 4 is 17.8 Å². The molecule has 3 heterocycles. The highest BCUT2D eigenvalue weighted by atomic mass is 19.1. The standard InChI is InChI=1S/C32H45FN4O5/c1-29(2,3)41-27(38)36-18-15-32(40,16-19-36)25-24(22-12-10-11-13-23(22)33)34-26(35(25)9)21-14-17-37(31(7,8)20-21)28(39)42-30(4,5)6/h10-13,20,40H,14-19H2,1-9H3. The maximum atomic E-state index is 15.2. The first-order valence-electron chi connectivity index (χ1n) is 14.6. The molecule has 0 radical (unpaired) electrons. The van der Waals surface area contributed by atoms with Gasteiger partial charge in [-0.15, -0.1) is 0 Å². The number of amides is 2. The van der Waals surface area contributed by atoms with Gasteiger partial charge in [-0.1, -0.05) is 18.2 Å². The Hall–Kier alpha value is -3.40. The molecule has 0 bridgehead atoms. The van der Waals surface area contributed by atoms with Crippen LogP contribution in [0.3, 0.4) is 0 Å². The Morgan fingerprint density at radius 1 is 0.952 bits per heavy atom. The molecule has 2 aromatic rings. The second-order valence-electron chi connectivity index (χ2n) is 13.9. The summed E-state index contributed by atoms with van der Waals surface area (Å²) in [6.45, 7) is 15.8. The number of halogens is 1. The van der Waals surface area contributed by atoms with Crippen molar-refractivity contribution in [2.24, 2.45) is 7.05 Å². The summed E-state index contributed by atoms with van der Waals surface area (Å²) in [7, 11) is 1.83. The Morgan fingerprint density at radius 2 is 1.52 bits per heavy atom. The van der Waals surface area contributed by atoms with E-state index in [-0.39, 0.29) is 32.0 Å². The number of likely N-dealkylation sites (tertiary alicyclic amines) is 1. The number of hydrogen-bond acceptors (Lipinski definition) is 6. The number of imidazole rings is 1. The van der Waals surface area contributed by atoms with Crippen LogP contribution in [0.25, 0.3) is 16.8 Å². The van der Waals surface area contributed by atoms with Gasteiger partial charge in [0.25, 0.3) is 0 Å². The van der Waals surface area contributed by atoms with Gasteiger partial charge in [-0.3, -0.25) is 4.90 Å². The Balaban J connectivity index is 1.72. The number of aliphatic hydroxyl groups is 1. The highest BCUT2D eigenvalue weighted by Crippen LogP contribution is 2.42. The maximum Gasteiger partial charge on any atom is 0.410 e. The van der Waals surface area contributed by atoms with E-state index in [2.05, 4.69) is 0 Å². The van der Waals surface area contributed by atoms with Crippen LogP contribution in [-0.4, -0.2) is 73.0 Å². The minimum atomic E-state index is -1.36. The van der Waals surface area contributed by atoms with Gasteiger partial charge < -0.3 is 24.0 Å². The molecular weight excluding hydrogens is 539 g/mol. The van der Waals surface area contributed by atoms with Crippen molar-refractivity contribution in [3.63, 3.8) is 0 Å². The summed E-state index contributed by atoms with van der Waals surface area (Å²) >= 11 is 0. The Morgan fingerprint density at radius 3 is 2.07 bits per heavy atom. The van der Waals surface area contributed by atoms with Crippen molar-refractivity contribution in [3.05, 3.63) is 47.7 Å².